The predicted molar refractivity (Wildman–Crippen MR) is 108 cm³/mol. The molecule has 0 saturated carbocycles. The lowest BCUT2D eigenvalue weighted by Crippen LogP contribution is -2.23. The van der Waals surface area contributed by atoms with E-state index in [1.54, 1.807) is 27.5 Å². The molecule has 2 aromatic heterocycles. The molecule has 3 heterocycles. The summed E-state index contributed by atoms with van der Waals surface area (Å²) in [6, 6.07) is 3.92. The standard InChI is InChI=1S/C20H24N6O4/c1-27-15-7-12(8-16(28-2)17(15)29-3)10-26-6-4-5-14(26)20-24-19(25-30-20)13-9-22-11-23-18(13)21/h7-9,11,14H,4-6,10H2,1-3H3,(H2,21,22,23). The highest BCUT2D eigenvalue weighted by Gasteiger charge is 2.31. The van der Waals surface area contributed by atoms with E-state index in [0.29, 0.717) is 46.9 Å². The summed E-state index contributed by atoms with van der Waals surface area (Å²) in [5.41, 5.74) is 7.50. The van der Waals surface area contributed by atoms with Gasteiger partial charge in [-0.2, -0.15) is 4.98 Å². The number of rotatable bonds is 7. The molecule has 1 aliphatic rings. The van der Waals surface area contributed by atoms with Crippen LogP contribution >= 0.6 is 0 Å². The van der Waals surface area contributed by atoms with E-state index >= 15 is 0 Å². The van der Waals surface area contributed by atoms with Crippen LogP contribution in [0.1, 0.15) is 30.3 Å². The molecule has 1 aromatic carbocycles. The molecule has 158 valence electrons. The summed E-state index contributed by atoms with van der Waals surface area (Å²) in [7, 11) is 4.81. The smallest absolute Gasteiger partial charge is 0.244 e. The third kappa shape index (κ3) is 3.73. The van der Waals surface area contributed by atoms with Crippen LogP contribution in [0.15, 0.2) is 29.2 Å². The van der Waals surface area contributed by atoms with Crippen molar-refractivity contribution in [2.45, 2.75) is 25.4 Å². The van der Waals surface area contributed by atoms with Crippen molar-refractivity contribution >= 4 is 5.82 Å². The number of nitrogen functional groups attached to an aromatic ring is 1. The van der Waals surface area contributed by atoms with Gasteiger partial charge in [-0.05, 0) is 37.1 Å². The Hall–Kier alpha value is -3.40. The number of anilines is 1. The van der Waals surface area contributed by atoms with Crippen molar-refractivity contribution in [3.8, 4) is 28.6 Å². The quantitative estimate of drug-likeness (QED) is 0.619. The molecule has 0 radical (unpaired) electrons. The molecule has 30 heavy (non-hydrogen) atoms. The van der Waals surface area contributed by atoms with Gasteiger partial charge >= 0.3 is 0 Å². The highest BCUT2D eigenvalue weighted by molar-refractivity contribution is 5.66. The molecule has 10 heteroatoms. The third-order valence-electron chi connectivity index (χ3n) is 5.18. The Morgan fingerprint density at radius 3 is 2.60 bits per heavy atom. The van der Waals surface area contributed by atoms with E-state index in [4.69, 9.17) is 24.5 Å². The Bertz CT molecular complexity index is 999. The number of nitrogens with two attached hydrogens (primary N) is 1. The fourth-order valence-corrected chi connectivity index (χ4v) is 3.75. The molecule has 1 unspecified atom stereocenters. The van der Waals surface area contributed by atoms with Crippen LogP contribution in [0.25, 0.3) is 11.4 Å². The van der Waals surface area contributed by atoms with Gasteiger partial charge < -0.3 is 24.5 Å². The normalized spacial score (nSPS) is 16.6. The minimum absolute atomic E-state index is 0.0104. The molecular formula is C20H24N6O4. The van der Waals surface area contributed by atoms with Crippen LogP contribution in [0.2, 0.25) is 0 Å². The van der Waals surface area contributed by atoms with E-state index in [-0.39, 0.29) is 6.04 Å². The minimum atomic E-state index is 0.0104. The van der Waals surface area contributed by atoms with E-state index in [2.05, 4.69) is 25.0 Å². The summed E-state index contributed by atoms with van der Waals surface area (Å²) >= 11 is 0. The summed E-state index contributed by atoms with van der Waals surface area (Å²) in [5.74, 6) is 3.09. The number of aromatic nitrogens is 4. The van der Waals surface area contributed by atoms with Crippen LogP contribution in [0.3, 0.4) is 0 Å². The van der Waals surface area contributed by atoms with Gasteiger partial charge in [-0.1, -0.05) is 5.16 Å². The van der Waals surface area contributed by atoms with Crippen molar-refractivity contribution in [1.82, 2.24) is 25.0 Å². The molecular weight excluding hydrogens is 388 g/mol. The summed E-state index contributed by atoms with van der Waals surface area (Å²) in [6.45, 7) is 1.59. The maximum atomic E-state index is 5.91. The van der Waals surface area contributed by atoms with Crippen LogP contribution in [-0.2, 0) is 6.54 Å². The highest BCUT2D eigenvalue weighted by Crippen LogP contribution is 2.40. The number of methoxy groups -OCH3 is 3. The van der Waals surface area contributed by atoms with Gasteiger partial charge in [0.15, 0.2) is 11.5 Å². The van der Waals surface area contributed by atoms with Crippen molar-refractivity contribution < 1.29 is 18.7 Å². The second-order valence-electron chi connectivity index (χ2n) is 6.94. The molecule has 10 nitrogen and oxygen atoms in total. The summed E-state index contributed by atoms with van der Waals surface area (Å²) in [5, 5.41) is 4.08. The Morgan fingerprint density at radius 1 is 1.17 bits per heavy atom. The molecule has 1 aliphatic heterocycles. The summed E-state index contributed by atoms with van der Waals surface area (Å²) < 4.78 is 21.9. The largest absolute Gasteiger partial charge is 0.493 e. The number of ether oxygens (including phenoxy) is 3. The first-order valence-electron chi connectivity index (χ1n) is 9.57. The van der Waals surface area contributed by atoms with Crippen molar-refractivity contribution in [3.05, 3.63) is 36.1 Å². The van der Waals surface area contributed by atoms with Gasteiger partial charge in [0.05, 0.1) is 32.9 Å². The fraction of sp³-hybridized carbons (Fsp3) is 0.400. The molecule has 0 spiro atoms. The van der Waals surface area contributed by atoms with Crippen molar-refractivity contribution in [2.24, 2.45) is 0 Å². The summed E-state index contributed by atoms with van der Waals surface area (Å²) in [6.07, 6.45) is 4.92. The predicted octanol–water partition coefficient (Wildman–Crippen LogP) is 2.47. The van der Waals surface area contributed by atoms with E-state index in [9.17, 15) is 0 Å². The Labute approximate surface area is 174 Å². The topological polar surface area (TPSA) is 122 Å². The first-order chi connectivity index (χ1) is 14.6. The van der Waals surface area contributed by atoms with Crippen LogP contribution in [0, 0.1) is 0 Å². The van der Waals surface area contributed by atoms with Gasteiger partial charge in [-0.15, -0.1) is 0 Å². The number of hydrogen-bond donors (Lipinski definition) is 1. The third-order valence-corrected chi connectivity index (χ3v) is 5.18. The number of hydrogen-bond acceptors (Lipinski definition) is 10. The lowest BCUT2D eigenvalue weighted by molar-refractivity contribution is 0.200. The lowest BCUT2D eigenvalue weighted by Gasteiger charge is -2.22. The molecule has 2 N–H and O–H groups in total. The minimum Gasteiger partial charge on any atom is -0.493 e. The van der Waals surface area contributed by atoms with Gasteiger partial charge in [-0.3, -0.25) is 4.90 Å². The maximum Gasteiger partial charge on any atom is 0.244 e. The van der Waals surface area contributed by atoms with E-state index in [1.165, 1.54) is 6.33 Å². The highest BCUT2D eigenvalue weighted by atomic mass is 16.5. The van der Waals surface area contributed by atoms with Crippen molar-refractivity contribution in [3.63, 3.8) is 0 Å². The summed E-state index contributed by atoms with van der Waals surface area (Å²) in [4.78, 5) is 14.8. The number of likely N-dealkylation sites (tertiary alicyclic amines) is 1. The second kappa shape index (κ2) is 8.54. The van der Waals surface area contributed by atoms with Crippen LogP contribution in [0.5, 0.6) is 17.2 Å². The van der Waals surface area contributed by atoms with Gasteiger partial charge in [-0.25, -0.2) is 9.97 Å². The first-order valence-corrected chi connectivity index (χ1v) is 9.57. The van der Waals surface area contributed by atoms with Gasteiger partial charge in [0.25, 0.3) is 0 Å². The zero-order valence-corrected chi connectivity index (χ0v) is 17.2. The van der Waals surface area contributed by atoms with Crippen molar-refractivity contribution in [2.75, 3.05) is 33.6 Å². The second-order valence-corrected chi connectivity index (χ2v) is 6.94. The van der Waals surface area contributed by atoms with Gasteiger partial charge in [0.2, 0.25) is 17.5 Å². The number of nitrogens with zero attached hydrogens (tertiary/aromatic N) is 5. The molecule has 1 fully saturated rings. The Kier molecular flexibility index (Phi) is 5.66. The van der Waals surface area contributed by atoms with Crippen molar-refractivity contribution in [1.29, 1.82) is 0 Å². The van der Waals surface area contributed by atoms with Gasteiger partial charge in [0, 0.05) is 12.7 Å². The number of benzene rings is 1. The van der Waals surface area contributed by atoms with E-state index in [1.807, 2.05) is 12.1 Å². The molecule has 0 amide bonds. The van der Waals surface area contributed by atoms with E-state index < -0.39 is 0 Å². The van der Waals surface area contributed by atoms with E-state index in [0.717, 1.165) is 24.9 Å². The van der Waals surface area contributed by atoms with Crippen LogP contribution < -0.4 is 19.9 Å². The van der Waals surface area contributed by atoms with Crippen LogP contribution in [-0.4, -0.2) is 52.9 Å². The Morgan fingerprint density at radius 2 is 1.93 bits per heavy atom. The van der Waals surface area contributed by atoms with Gasteiger partial charge in [0.1, 0.15) is 12.1 Å². The first kappa shape index (κ1) is 19.9. The fourth-order valence-electron chi connectivity index (χ4n) is 3.75. The Balaban J connectivity index is 1.57. The average molecular weight is 412 g/mol. The zero-order chi connectivity index (χ0) is 21.1. The lowest BCUT2D eigenvalue weighted by atomic mass is 10.1. The molecule has 3 aromatic rings. The van der Waals surface area contributed by atoms with Crippen LogP contribution in [0.4, 0.5) is 5.82 Å². The molecule has 0 aliphatic carbocycles. The zero-order valence-electron chi connectivity index (χ0n) is 17.2. The average Bonchev–Trinajstić information content (AvgIpc) is 3.42. The maximum absolute atomic E-state index is 5.91. The molecule has 4 rings (SSSR count). The monoisotopic (exact) mass is 412 g/mol. The molecule has 1 saturated heterocycles. The molecule has 1 atom stereocenters. The molecule has 0 bridgehead atoms. The SMILES string of the molecule is COc1cc(CN2CCCC2c2nc(-c3cncnc3N)no2)cc(OC)c1OC.